The van der Waals surface area contributed by atoms with Crippen LogP contribution in [0.15, 0.2) is 5.16 Å². The molecular weight excluding hydrogens is 206 g/mol. The number of nitrogens with zero attached hydrogens (tertiary/aromatic N) is 2. The van der Waals surface area contributed by atoms with Gasteiger partial charge in [0, 0.05) is 32.2 Å². The van der Waals surface area contributed by atoms with Crippen LogP contribution in [0.25, 0.3) is 0 Å². The van der Waals surface area contributed by atoms with Crippen molar-refractivity contribution in [2.45, 2.75) is 44.2 Å². The predicted octanol–water partition coefficient (Wildman–Crippen LogP) is 0.766. The van der Waals surface area contributed by atoms with Crippen LogP contribution >= 0.6 is 0 Å². The Bertz CT molecular complexity index is 248. The molecule has 92 valence electrons. The van der Waals surface area contributed by atoms with Gasteiger partial charge in [0.2, 0.25) is 0 Å². The Balaban J connectivity index is 1.75. The zero-order chi connectivity index (χ0) is 11.4. The molecule has 1 aliphatic heterocycles. The molecule has 0 aromatic carbocycles. The Kier molecular flexibility index (Phi) is 4.01. The first kappa shape index (κ1) is 11.7. The summed E-state index contributed by atoms with van der Waals surface area (Å²) in [6.45, 7) is 2.78. The summed E-state index contributed by atoms with van der Waals surface area (Å²) in [7, 11) is 0. The molecule has 16 heavy (non-hydrogen) atoms. The van der Waals surface area contributed by atoms with E-state index in [1.54, 1.807) is 0 Å². The van der Waals surface area contributed by atoms with E-state index in [4.69, 9.17) is 15.7 Å². The molecule has 1 saturated heterocycles. The smallest absolute Gasteiger partial charge is 0.140 e. The first-order chi connectivity index (χ1) is 7.79. The summed E-state index contributed by atoms with van der Waals surface area (Å²) in [5.41, 5.74) is 5.49. The van der Waals surface area contributed by atoms with Gasteiger partial charge >= 0.3 is 0 Å². The van der Waals surface area contributed by atoms with E-state index >= 15 is 0 Å². The van der Waals surface area contributed by atoms with Crippen molar-refractivity contribution in [1.29, 1.82) is 0 Å². The summed E-state index contributed by atoms with van der Waals surface area (Å²) in [6.07, 6.45) is 5.95. The van der Waals surface area contributed by atoms with Crippen LogP contribution in [-0.2, 0) is 4.74 Å². The van der Waals surface area contributed by atoms with Crippen LogP contribution in [0.2, 0.25) is 0 Å². The van der Waals surface area contributed by atoms with Crippen molar-refractivity contribution in [2.75, 3.05) is 19.7 Å². The summed E-state index contributed by atoms with van der Waals surface area (Å²) >= 11 is 0. The lowest BCUT2D eigenvalue weighted by Gasteiger charge is -2.24. The Morgan fingerprint density at radius 3 is 2.81 bits per heavy atom. The molecular formula is C11H21N3O2. The molecule has 1 heterocycles. The van der Waals surface area contributed by atoms with E-state index in [1.165, 1.54) is 25.7 Å². The van der Waals surface area contributed by atoms with E-state index in [2.05, 4.69) is 10.1 Å². The highest BCUT2D eigenvalue weighted by atomic mass is 16.5. The zero-order valence-corrected chi connectivity index (χ0v) is 9.64. The molecule has 2 fully saturated rings. The van der Waals surface area contributed by atoms with Gasteiger partial charge in [0.25, 0.3) is 0 Å². The molecule has 2 aliphatic rings. The van der Waals surface area contributed by atoms with Crippen molar-refractivity contribution in [2.24, 2.45) is 10.9 Å². The fourth-order valence-electron chi connectivity index (χ4n) is 2.22. The highest BCUT2D eigenvalue weighted by Gasteiger charge is 2.31. The minimum atomic E-state index is 0.318. The minimum absolute atomic E-state index is 0.318. The van der Waals surface area contributed by atoms with E-state index < -0.39 is 0 Å². The number of nitrogens with two attached hydrogens (primary N) is 1. The van der Waals surface area contributed by atoms with Gasteiger partial charge in [0.05, 0.1) is 6.10 Å². The second-order valence-corrected chi connectivity index (χ2v) is 4.70. The molecule has 0 aromatic heterocycles. The normalized spacial score (nSPS) is 26.6. The quantitative estimate of drug-likeness (QED) is 0.304. The average Bonchev–Trinajstić information content (AvgIpc) is 3.02. The SMILES string of the molecule is NC(CCN(CC1CCCO1)C1CC1)=NO. The summed E-state index contributed by atoms with van der Waals surface area (Å²) in [6, 6.07) is 0.704. The third-order valence-corrected chi connectivity index (χ3v) is 3.31. The minimum Gasteiger partial charge on any atom is -0.409 e. The van der Waals surface area contributed by atoms with Crippen molar-refractivity contribution in [3.8, 4) is 0 Å². The third kappa shape index (κ3) is 3.35. The van der Waals surface area contributed by atoms with Gasteiger partial charge in [-0.2, -0.15) is 0 Å². The molecule has 1 aliphatic carbocycles. The molecule has 1 saturated carbocycles. The summed E-state index contributed by atoms with van der Waals surface area (Å²) in [4.78, 5) is 2.42. The summed E-state index contributed by atoms with van der Waals surface area (Å²) in [5.74, 6) is 0.318. The van der Waals surface area contributed by atoms with Crippen LogP contribution in [0.3, 0.4) is 0 Å². The maximum Gasteiger partial charge on any atom is 0.140 e. The number of rotatable bonds is 6. The van der Waals surface area contributed by atoms with E-state index in [0.717, 1.165) is 19.7 Å². The lowest BCUT2D eigenvalue weighted by Crippen LogP contribution is -2.36. The topological polar surface area (TPSA) is 71.1 Å². The Morgan fingerprint density at radius 1 is 1.44 bits per heavy atom. The van der Waals surface area contributed by atoms with Gasteiger partial charge in [-0.25, -0.2) is 0 Å². The molecule has 0 radical (unpaired) electrons. The van der Waals surface area contributed by atoms with Gasteiger partial charge in [-0.3, -0.25) is 4.90 Å². The summed E-state index contributed by atoms with van der Waals surface area (Å²) in [5, 5.41) is 11.5. The van der Waals surface area contributed by atoms with E-state index in [9.17, 15) is 0 Å². The average molecular weight is 227 g/mol. The maximum atomic E-state index is 8.51. The van der Waals surface area contributed by atoms with Crippen molar-refractivity contribution >= 4 is 5.84 Å². The zero-order valence-electron chi connectivity index (χ0n) is 9.64. The van der Waals surface area contributed by atoms with Crippen LogP contribution in [-0.4, -0.2) is 47.8 Å². The van der Waals surface area contributed by atoms with Crippen LogP contribution < -0.4 is 5.73 Å². The molecule has 2 rings (SSSR count). The first-order valence-electron chi connectivity index (χ1n) is 6.11. The lowest BCUT2D eigenvalue weighted by atomic mass is 10.2. The van der Waals surface area contributed by atoms with Crippen molar-refractivity contribution in [3.05, 3.63) is 0 Å². The van der Waals surface area contributed by atoms with Gasteiger partial charge in [-0.05, 0) is 25.7 Å². The Labute approximate surface area is 96.2 Å². The maximum absolute atomic E-state index is 8.51. The number of amidine groups is 1. The third-order valence-electron chi connectivity index (χ3n) is 3.31. The molecule has 0 amide bonds. The van der Waals surface area contributed by atoms with Crippen LogP contribution in [0.4, 0.5) is 0 Å². The molecule has 1 atom stereocenters. The highest BCUT2D eigenvalue weighted by molar-refractivity contribution is 5.79. The van der Waals surface area contributed by atoms with Crippen LogP contribution in [0.1, 0.15) is 32.1 Å². The lowest BCUT2D eigenvalue weighted by molar-refractivity contribution is 0.0712. The van der Waals surface area contributed by atoms with Crippen molar-refractivity contribution in [1.82, 2.24) is 4.90 Å². The number of ether oxygens (including phenoxy) is 1. The number of hydrogen-bond donors (Lipinski definition) is 2. The van der Waals surface area contributed by atoms with E-state index in [-0.39, 0.29) is 0 Å². The fourth-order valence-corrected chi connectivity index (χ4v) is 2.22. The predicted molar refractivity (Wildman–Crippen MR) is 61.6 cm³/mol. The van der Waals surface area contributed by atoms with Gasteiger partial charge in [-0.1, -0.05) is 5.16 Å². The fraction of sp³-hybridized carbons (Fsp3) is 0.909. The summed E-state index contributed by atoms with van der Waals surface area (Å²) < 4.78 is 5.64. The second kappa shape index (κ2) is 5.50. The monoisotopic (exact) mass is 227 g/mol. The number of oxime groups is 1. The Hall–Kier alpha value is -0.810. The van der Waals surface area contributed by atoms with Gasteiger partial charge in [0.1, 0.15) is 5.84 Å². The van der Waals surface area contributed by atoms with Crippen LogP contribution in [0.5, 0.6) is 0 Å². The standard InChI is InChI=1S/C11H21N3O2/c12-11(13-15)5-6-14(9-3-4-9)8-10-2-1-7-16-10/h9-10,15H,1-8H2,(H2,12,13). The van der Waals surface area contributed by atoms with Crippen molar-refractivity contribution < 1.29 is 9.94 Å². The van der Waals surface area contributed by atoms with Gasteiger partial charge in [0.15, 0.2) is 0 Å². The highest BCUT2D eigenvalue weighted by Crippen LogP contribution is 2.28. The van der Waals surface area contributed by atoms with Gasteiger partial charge in [-0.15, -0.1) is 0 Å². The molecule has 1 unspecified atom stereocenters. The number of hydrogen-bond acceptors (Lipinski definition) is 4. The second-order valence-electron chi connectivity index (χ2n) is 4.70. The molecule has 0 bridgehead atoms. The van der Waals surface area contributed by atoms with Gasteiger partial charge < -0.3 is 15.7 Å². The molecule has 3 N–H and O–H groups in total. The molecule has 5 heteroatoms. The van der Waals surface area contributed by atoms with E-state index in [0.29, 0.717) is 24.4 Å². The first-order valence-corrected chi connectivity index (χ1v) is 6.11. The molecule has 0 spiro atoms. The van der Waals surface area contributed by atoms with E-state index in [1.807, 2.05) is 0 Å². The molecule has 5 nitrogen and oxygen atoms in total. The largest absolute Gasteiger partial charge is 0.409 e. The van der Waals surface area contributed by atoms with Crippen molar-refractivity contribution in [3.63, 3.8) is 0 Å². The Morgan fingerprint density at radius 2 is 2.25 bits per heavy atom. The molecule has 0 aromatic rings. The van der Waals surface area contributed by atoms with Crippen LogP contribution in [0, 0.1) is 0 Å².